The van der Waals surface area contributed by atoms with Gasteiger partial charge in [-0.25, -0.2) is 0 Å². The van der Waals surface area contributed by atoms with E-state index in [-0.39, 0.29) is 18.5 Å². The van der Waals surface area contributed by atoms with Gasteiger partial charge in [0.25, 0.3) is 0 Å². The van der Waals surface area contributed by atoms with Crippen molar-refractivity contribution < 1.29 is 9.53 Å². The Balaban J connectivity index is 2.18. The van der Waals surface area contributed by atoms with Crippen LogP contribution in [0.1, 0.15) is 18.0 Å². The summed E-state index contributed by atoms with van der Waals surface area (Å²) < 4.78 is 5.49. The van der Waals surface area contributed by atoms with Gasteiger partial charge in [-0.2, -0.15) is 0 Å². The van der Waals surface area contributed by atoms with E-state index in [4.69, 9.17) is 10.5 Å². The fraction of sp³-hybridized carbons (Fsp3) is 0.364. The van der Waals surface area contributed by atoms with E-state index >= 15 is 0 Å². The average molecular weight is 206 g/mol. The maximum absolute atomic E-state index is 11.2. The minimum absolute atomic E-state index is 0.0273. The molecule has 4 heteroatoms. The van der Waals surface area contributed by atoms with Gasteiger partial charge in [0.15, 0.2) is 0 Å². The first-order chi connectivity index (χ1) is 7.31. The molecule has 3 N–H and O–H groups in total. The highest BCUT2D eigenvalue weighted by Gasteiger charge is 2.21. The highest BCUT2D eigenvalue weighted by Crippen LogP contribution is 2.31. The summed E-state index contributed by atoms with van der Waals surface area (Å²) in [6.45, 7) is 0.659. The van der Waals surface area contributed by atoms with E-state index in [1.54, 1.807) is 0 Å². The molecule has 1 amide bonds. The Labute approximate surface area is 88.4 Å². The second-order valence-electron chi connectivity index (χ2n) is 3.50. The number of ether oxygens (including phenoxy) is 1. The van der Waals surface area contributed by atoms with Crippen molar-refractivity contribution in [2.75, 3.05) is 13.2 Å². The lowest BCUT2D eigenvalue weighted by Crippen LogP contribution is -2.36. The molecule has 1 aliphatic rings. The molecule has 15 heavy (non-hydrogen) atoms. The molecule has 0 aliphatic carbocycles. The van der Waals surface area contributed by atoms with Crippen LogP contribution in [0.15, 0.2) is 24.3 Å². The zero-order valence-corrected chi connectivity index (χ0v) is 8.40. The SMILES string of the molecule is NCC(=O)N[C@H]1CCOc2ccccc21. The van der Waals surface area contributed by atoms with Crippen molar-refractivity contribution in [3.05, 3.63) is 29.8 Å². The lowest BCUT2D eigenvalue weighted by Gasteiger charge is -2.26. The lowest BCUT2D eigenvalue weighted by atomic mass is 10.0. The normalized spacial score (nSPS) is 18.9. The number of para-hydroxylation sites is 1. The predicted molar refractivity (Wildman–Crippen MR) is 56.5 cm³/mol. The van der Waals surface area contributed by atoms with Crippen molar-refractivity contribution >= 4 is 5.91 Å². The maximum Gasteiger partial charge on any atom is 0.234 e. The first-order valence-electron chi connectivity index (χ1n) is 5.02. The van der Waals surface area contributed by atoms with Gasteiger partial charge >= 0.3 is 0 Å². The lowest BCUT2D eigenvalue weighted by molar-refractivity contribution is -0.120. The zero-order valence-electron chi connectivity index (χ0n) is 8.40. The fourth-order valence-corrected chi connectivity index (χ4v) is 1.75. The molecule has 0 spiro atoms. The molecule has 0 unspecified atom stereocenters. The van der Waals surface area contributed by atoms with Crippen LogP contribution in [0.4, 0.5) is 0 Å². The first-order valence-corrected chi connectivity index (χ1v) is 5.02. The van der Waals surface area contributed by atoms with Crippen molar-refractivity contribution in [2.24, 2.45) is 5.73 Å². The minimum atomic E-state index is -0.128. The molecule has 0 saturated heterocycles. The van der Waals surface area contributed by atoms with Gasteiger partial charge in [0.05, 0.1) is 19.2 Å². The first kappa shape index (κ1) is 9.98. The Morgan fingerprint density at radius 3 is 3.13 bits per heavy atom. The third-order valence-electron chi connectivity index (χ3n) is 2.48. The molecule has 1 atom stereocenters. The average Bonchev–Trinajstić information content (AvgIpc) is 2.29. The molecule has 1 heterocycles. The van der Waals surface area contributed by atoms with Gasteiger partial charge in [0, 0.05) is 12.0 Å². The number of carbonyl (C=O) groups excluding carboxylic acids is 1. The van der Waals surface area contributed by atoms with Crippen LogP contribution in [0, 0.1) is 0 Å². The van der Waals surface area contributed by atoms with Gasteiger partial charge in [-0.05, 0) is 6.07 Å². The minimum Gasteiger partial charge on any atom is -0.493 e. The van der Waals surface area contributed by atoms with E-state index in [9.17, 15) is 4.79 Å². The van der Waals surface area contributed by atoms with Crippen LogP contribution < -0.4 is 15.8 Å². The van der Waals surface area contributed by atoms with Crippen LogP contribution in [-0.2, 0) is 4.79 Å². The molecule has 4 nitrogen and oxygen atoms in total. The second-order valence-corrected chi connectivity index (χ2v) is 3.50. The van der Waals surface area contributed by atoms with Crippen molar-refractivity contribution in [3.63, 3.8) is 0 Å². The summed E-state index contributed by atoms with van der Waals surface area (Å²) in [5.74, 6) is 0.725. The number of hydrogen-bond acceptors (Lipinski definition) is 3. The summed E-state index contributed by atoms with van der Waals surface area (Å²) in [6, 6.07) is 7.78. The Hall–Kier alpha value is -1.55. The Bertz CT molecular complexity index is 365. The molecule has 0 fully saturated rings. The molecule has 0 saturated carbocycles. The van der Waals surface area contributed by atoms with Gasteiger partial charge in [0.1, 0.15) is 5.75 Å². The van der Waals surface area contributed by atoms with Crippen LogP contribution in [0.3, 0.4) is 0 Å². The summed E-state index contributed by atoms with van der Waals surface area (Å²) in [5.41, 5.74) is 6.30. The summed E-state index contributed by atoms with van der Waals surface area (Å²) in [4.78, 5) is 11.2. The van der Waals surface area contributed by atoms with Crippen molar-refractivity contribution in [3.8, 4) is 5.75 Å². The largest absolute Gasteiger partial charge is 0.493 e. The summed E-state index contributed by atoms with van der Waals surface area (Å²) >= 11 is 0. The number of hydrogen-bond donors (Lipinski definition) is 2. The highest BCUT2D eigenvalue weighted by atomic mass is 16.5. The fourth-order valence-electron chi connectivity index (χ4n) is 1.75. The molecule has 0 aromatic heterocycles. The van der Waals surface area contributed by atoms with Crippen LogP contribution in [-0.4, -0.2) is 19.1 Å². The molecule has 80 valence electrons. The van der Waals surface area contributed by atoms with Gasteiger partial charge < -0.3 is 15.8 Å². The quantitative estimate of drug-likeness (QED) is 0.744. The Kier molecular flexibility index (Phi) is 2.87. The summed E-state index contributed by atoms with van der Waals surface area (Å²) in [6.07, 6.45) is 0.794. The van der Waals surface area contributed by atoms with Gasteiger partial charge in [0.2, 0.25) is 5.91 Å². The smallest absolute Gasteiger partial charge is 0.234 e. The molecule has 0 bridgehead atoms. The van der Waals surface area contributed by atoms with E-state index in [0.29, 0.717) is 6.61 Å². The van der Waals surface area contributed by atoms with Crippen LogP contribution in [0.2, 0.25) is 0 Å². The number of nitrogens with one attached hydrogen (secondary N) is 1. The number of benzene rings is 1. The summed E-state index contributed by atoms with van der Waals surface area (Å²) in [5, 5.41) is 2.88. The third-order valence-corrected chi connectivity index (χ3v) is 2.48. The molecule has 2 rings (SSSR count). The zero-order chi connectivity index (χ0) is 10.7. The Morgan fingerprint density at radius 1 is 1.53 bits per heavy atom. The number of carbonyl (C=O) groups is 1. The van der Waals surface area contributed by atoms with Crippen molar-refractivity contribution in [1.29, 1.82) is 0 Å². The number of amides is 1. The molecule has 1 aromatic rings. The van der Waals surface area contributed by atoms with E-state index in [1.165, 1.54) is 0 Å². The topological polar surface area (TPSA) is 64.4 Å². The standard InChI is InChI=1S/C11H14N2O2/c12-7-11(14)13-9-5-6-15-10-4-2-1-3-8(9)10/h1-4,9H,5-7,12H2,(H,13,14)/t9-/m0/s1. The maximum atomic E-state index is 11.2. The molecule has 0 radical (unpaired) electrons. The third kappa shape index (κ3) is 2.10. The van der Waals surface area contributed by atoms with E-state index < -0.39 is 0 Å². The van der Waals surface area contributed by atoms with E-state index in [1.807, 2.05) is 24.3 Å². The second kappa shape index (κ2) is 4.31. The predicted octanol–water partition coefficient (Wildman–Crippen LogP) is 0.585. The van der Waals surface area contributed by atoms with Crippen molar-refractivity contribution in [1.82, 2.24) is 5.32 Å². The molecular weight excluding hydrogens is 192 g/mol. The molecule has 1 aliphatic heterocycles. The van der Waals surface area contributed by atoms with Crippen molar-refractivity contribution in [2.45, 2.75) is 12.5 Å². The monoisotopic (exact) mass is 206 g/mol. The van der Waals surface area contributed by atoms with Crippen LogP contribution in [0.5, 0.6) is 5.75 Å². The number of nitrogens with two attached hydrogens (primary N) is 1. The van der Waals surface area contributed by atoms with E-state index in [0.717, 1.165) is 17.7 Å². The van der Waals surface area contributed by atoms with Crippen LogP contribution >= 0.6 is 0 Å². The van der Waals surface area contributed by atoms with Gasteiger partial charge in [-0.1, -0.05) is 18.2 Å². The number of fused-ring (bicyclic) bond motifs is 1. The highest BCUT2D eigenvalue weighted by molar-refractivity contribution is 5.78. The molecule has 1 aromatic carbocycles. The van der Waals surface area contributed by atoms with Gasteiger partial charge in [-0.3, -0.25) is 4.79 Å². The van der Waals surface area contributed by atoms with E-state index in [2.05, 4.69) is 5.32 Å². The number of rotatable bonds is 2. The molecular formula is C11H14N2O2. The summed E-state index contributed by atoms with van der Waals surface area (Å²) in [7, 11) is 0. The van der Waals surface area contributed by atoms with Gasteiger partial charge in [-0.15, -0.1) is 0 Å². The van der Waals surface area contributed by atoms with Crippen LogP contribution in [0.25, 0.3) is 0 Å². The Morgan fingerprint density at radius 2 is 2.33 bits per heavy atom.